The predicted molar refractivity (Wildman–Crippen MR) is 157 cm³/mol. The standard InChI is InChI=1S/C26H36N9O8P/c1-6-17(23(37)41-15(3)4)32-44(38,43-16-11-9-8-10-12-16)40-13-18-20(36)26(5,33-34-28)24(42-18)35-14-29-19-21(35)30-25(27)31-22(19)39-7-2/h8-12,14-15,17-18,20,24,36H,6-7,13H2,1-5H3,(H,32,38)(H2,27,30,31). The van der Waals surface area contributed by atoms with Crippen molar-refractivity contribution in [2.45, 2.75) is 77.2 Å². The Morgan fingerprint density at radius 3 is 2.68 bits per heavy atom. The molecule has 1 aliphatic heterocycles. The third-order valence-corrected chi connectivity index (χ3v) is 8.26. The number of carbonyl (C=O) groups excluding carboxylic acids is 1. The lowest BCUT2D eigenvalue weighted by molar-refractivity contribution is -0.149. The predicted octanol–water partition coefficient (Wildman–Crippen LogP) is 3.66. The van der Waals surface area contributed by atoms with Crippen molar-refractivity contribution in [2.75, 3.05) is 18.9 Å². The van der Waals surface area contributed by atoms with Gasteiger partial charge in [0.15, 0.2) is 17.4 Å². The summed E-state index contributed by atoms with van der Waals surface area (Å²) < 4.78 is 44.0. The Hall–Kier alpha value is -3.98. The molecule has 1 fully saturated rings. The van der Waals surface area contributed by atoms with E-state index in [1.54, 1.807) is 58.0 Å². The van der Waals surface area contributed by atoms with Gasteiger partial charge < -0.3 is 29.6 Å². The van der Waals surface area contributed by atoms with Gasteiger partial charge in [0.05, 0.1) is 31.7 Å². The minimum atomic E-state index is -4.31. The molecule has 6 unspecified atom stereocenters. The van der Waals surface area contributed by atoms with E-state index in [1.165, 1.54) is 17.8 Å². The van der Waals surface area contributed by atoms with Crippen molar-refractivity contribution in [1.29, 1.82) is 0 Å². The van der Waals surface area contributed by atoms with E-state index in [1.807, 2.05) is 0 Å². The molecule has 238 valence electrons. The van der Waals surface area contributed by atoms with Crippen LogP contribution < -0.4 is 20.1 Å². The maximum Gasteiger partial charge on any atom is 0.459 e. The number of azide groups is 1. The quantitative estimate of drug-likeness (QED) is 0.0757. The van der Waals surface area contributed by atoms with Crippen molar-refractivity contribution in [1.82, 2.24) is 24.6 Å². The molecule has 0 spiro atoms. The zero-order chi connectivity index (χ0) is 32.1. The zero-order valence-corrected chi connectivity index (χ0v) is 25.8. The number of nitrogens with two attached hydrogens (primary N) is 1. The first kappa shape index (κ1) is 32.9. The minimum absolute atomic E-state index is 0.0989. The second-order valence-corrected chi connectivity index (χ2v) is 12.0. The lowest BCUT2D eigenvalue weighted by Crippen LogP contribution is -2.43. The van der Waals surface area contributed by atoms with Gasteiger partial charge in [0, 0.05) is 4.91 Å². The number of nitrogens with one attached hydrogen (secondary N) is 1. The van der Waals surface area contributed by atoms with Crippen LogP contribution in [0.1, 0.15) is 47.3 Å². The molecule has 0 aliphatic carbocycles. The molecule has 17 nitrogen and oxygen atoms in total. The number of nitrogen functional groups attached to an aromatic ring is 1. The average molecular weight is 634 g/mol. The summed E-state index contributed by atoms with van der Waals surface area (Å²) in [5.74, 6) is -0.398. The maximum absolute atomic E-state index is 14.1. The molecule has 0 bridgehead atoms. The Bertz CT molecular complexity index is 1550. The molecule has 4 rings (SSSR count). The fraction of sp³-hybridized carbons (Fsp3) is 0.538. The number of fused-ring (bicyclic) bond motifs is 1. The van der Waals surface area contributed by atoms with Crippen molar-refractivity contribution >= 4 is 30.8 Å². The number of rotatable bonds is 14. The van der Waals surface area contributed by atoms with Crippen molar-refractivity contribution in [3.05, 3.63) is 47.1 Å². The number of aliphatic hydroxyl groups is 1. The van der Waals surface area contributed by atoms with Gasteiger partial charge in [-0.3, -0.25) is 13.9 Å². The topological polar surface area (TPSA) is 231 Å². The second kappa shape index (κ2) is 13.8. The Kier molecular flexibility index (Phi) is 10.3. The summed E-state index contributed by atoms with van der Waals surface area (Å²) in [6.07, 6.45) is -2.67. The van der Waals surface area contributed by atoms with Gasteiger partial charge in [-0.25, -0.2) is 9.55 Å². The van der Waals surface area contributed by atoms with Crippen LogP contribution in [0.2, 0.25) is 0 Å². The molecular weight excluding hydrogens is 597 g/mol. The third kappa shape index (κ3) is 7.04. The van der Waals surface area contributed by atoms with Crippen LogP contribution >= 0.6 is 7.75 Å². The molecule has 0 saturated carbocycles. The van der Waals surface area contributed by atoms with Crippen molar-refractivity contribution < 1.29 is 37.7 Å². The van der Waals surface area contributed by atoms with Crippen LogP contribution in [-0.4, -0.2) is 73.7 Å². The fourth-order valence-electron chi connectivity index (χ4n) is 4.60. The largest absolute Gasteiger partial charge is 0.476 e. The van der Waals surface area contributed by atoms with Crippen LogP contribution in [0.15, 0.2) is 41.8 Å². The van der Waals surface area contributed by atoms with E-state index in [4.69, 9.17) is 29.0 Å². The smallest absolute Gasteiger partial charge is 0.459 e. The highest BCUT2D eigenvalue weighted by atomic mass is 31.2. The summed E-state index contributed by atoms with van der Waals surface area (Å²) in [6.45, 7) is 8.13. The molecule has 0 amide bonds. The third-order valence-electron chi connectivity index (χ3n) is 6.69. The van der Waals surface area contributed by atoms with E-state index < -0.39 is 56.4 Å². The Labute approximate surface area is 253 Å². The van der Waals surface area contributed by atoms with Gasteiger partial charge >= 0.3 is 13.7 Å². The normalized spacial score (nSPS) is 23.6. The summed E-state index contributed by atoms with van der Waals surface area (Å²) in [5.41, 5.74) is 14.2. The summed E-state index contributed by atoms with van der Waals surface area (Å²) in [5, 5.41) is 17.9. The molecule has 44 heavy (non-hydrogen) atoms. The van der Waals surface area contributed by atoms with Crippen molar-refractivity contribution in [2.24, 2.45) is 5.11 Å². The van der Waals surface area contributed by atoms with E-state index in [2.05, 4.69) is 30.1 Å². The minimum Gasteiger partial charge on any atom is -0.476 e. The SMILES string of the molecule is CCOc1nc(N)nc2c1ncn2C1OC(COP(=O)(NC(CC)C(=O)OC(C)C)Oc2ccccc2)C(O)C1(C)N=[N+]=[N-]. The number of carbonyl (C=O) groups is 1. The zero-order valence-electron chi connectivity index (χ0n) is 24.9. The number of anilines is 1. The number of aliphatic hydroxyl groups excluding tert-OH is 1. The van der Waals surface area contributed by atoms with Gasteiger partial charge in [-0.15, -0.1) is 0 Å². The molecule has 1 aliphatic rings. The molecule has 18 heteroatoms. The van der Waals surface area contributed by atoms with E-state index >= 15 is 0 Å². The summed E-state index contributed by atoms with van der Waals surface area (Å²) in [7, 11) is -4.31. The fourth-order valence-corrected chi connectivity index (χ4v) is 6.19. The summed E-state index contributed by atoms with van der Waals surface area (Å²) >= 11 is 0. The van der Waals surface area contributed by atoms with Gasteiger partial charge in [0.2, 0.25) is 11.8 Å². The molecule has 6 atom stereocenters. The monoisotopic (exact) mass is 633 g/mol. The van der Waals surface area contributed by atoms with Gasteiger partial charge in [0.25, 0.3) is 0 Å². The Balaban J connectivity index is 1.64. The molecule has 1 saturated heterocycles. The number of para-hydroxylation sites is 1. The molecule has 2 aromatic heterocycles. The van der Waals surface area contributed by atoms with Crippen LogP contribution in [-0.2, 0) is 23.4 Å². The van der Waals surface area contributed by atoms with Crippen molar-refractivity contribution in [3.63, 3.8) is 0 Å². The molecule has 1 aromatic carbocycles. The van der Waals surface area contributed by atoms with Crippen LogP contribution in [0.25, 0.3) is 21.6 Å². The highest BCUT2D eigenvalue weighted by molar-refractivity contribution is 7.52. The van der Waals surface area contributed by atoms with E-state index in [9.17, 15) is 20.0 Å². The highest BCUT2D eigenvalue weighted by Gasteiger charge is 2.55. The number of imidazole rings is 1. The maximum atomic E-state index is 14.1. The van der Waals surface area contributed by atoms with Crippen LogP contribution in [0.4, 0.5) is 5.95 Å². The molecule has 0 radical (unpaired) electrons. The van der Waals surface area contributed by atoms with Crippen LogP contribution in [0.3, 0.4) is 0 Å². The number of esters is 1. The molecular formula is C26H36N9O8P. The first-order valence-electron chi connectivity index (χ1n) is 13.9. The summed E-state index contributed by atoms with van der Waals surface area (Å²) in [6, 6.07) is 7.18. The number of nitrogens with zero attached hydrogens (tertiary/aromatic N) is 7. The van der Waals surface area contributed by atoms with Gasteiger partial charge in [-0.2, -0.15) is 15.1 Å². The highest BCUT2D eigenvalue weighted by Crippen LogP contribution is 2.48. The van der Waals surface area contributed by atoms with Crippen LogP contribution in [0.5, 0.6) is 11.6 Å². The number of aromatic nitrogens is 4. The first-order chi connectivity index (χ1) is 20.9. The van der Waals surface area contributed by atoms with Crippen LogP contribution in [0, 0.1) is 0 Å². The van der Waals surface area contributed by atoms with Gasteiger partial charge in [0.1, 0.15) is 23.4 Å². The lowest BCUT2D eigenvalue weighted by Gasteiger charge is -2.28. The molecule has 4 N–H and O–H groups in total. The molecule has 3 aromatic rings. The second-order valence-electron chi connectivity index (χ2n) is 10.3. The number of ether oxygens (including phenoxy) is 3. The summed E-state index contributed by atoms with van der Waals surface area (Å²) in [4.78, 5) is 28.3. The van der Waals surface area contributed by atoms with Gasteiger partial charge in [-0.1, -0.05) is 30.2 Å². The first-order valence-corrected chi connectivity index (χ1v) is 15.5. The lowest BCUT2D eigenvalue weighted by atomic mass is 9.93. The van der Waals surface area contributed by atoms with Gasteiger partial charge in [-0.05, 0) is 51.8 Å². The van der Waals surface area contributed by atoms with E-state index in [0.29, 0.717) is 6.61 Å². The van der Waals surface area contributed by atoms with E-state index in [-0.39, 0.29) is 35.2 Å². The Morgan fingerprint density at radius 1 is 1.32 bits per heavy atom. The number of benzene rings is 1. The van der Waals surface area contributed by atoms with E-state index in [0.717, 1.165) is 0 Å². The Morgan fingerprint density at radius 2 is 2.05 bits per heavy atom. The molecule has 3 heterocycles. The van der Waals surface area contributed by atoms with Crippen molar-refractivity contribution in [3.8, 4) is 11.6 Å². The average Bonchev–Trinajstić information content (AvgIpc) is 3.49. The number of hydrogen-bond acceptors (Lipinski definition) is 13. The number of hydrogen-bond donors (Lipinski definition) is 3.